The Labute approximate surface area is 163 Å². The standard InChI is InChI=1S/C19H24N4O3S/c1-20-6-8-21(9-7-20)18(25)15-4-2-14(3-5-15)10-22-11-17(24)23-13-27-12-16(23)19(22)26/h2-5,16H,6-13H2,1H3/t16-/m0/s1. The van der Waals surface area contributed by atoms with Gasteiger partial charge in [-0.25, -0.2) is 0 Å². The second kappa shape index (κ2) is 7.52. The maximum absolute atomic E-state index is 12.6. The van der Waals surface area contributed by atoms with Crippen LogP contribution >= 0.6 is 11.8 Å². The highest BCUT2D eigenvalue weighted by Crippen LogP contribution is 2.26. The van der Waals surface area contributed by atoms with E-state index in [2.05, 4.69) is 11.9 Å². The SMILES string of the molecule is CN1CCN(C(=O)c2ccc(CN3CC(=O)N4CSC[C@H]4C3=O)cc2)CC1. The van der Waals surface area contributed by atoms with E-state index in [9.17, 15) is 14.4 Å². The second-order valence-electron chi connectivity index (χ2n) is 7.37. The number of carbonyl (C=O) groups excluding carboxylic acids is 3. The fourth-order valence-corrected chi connectivity index (χ4v) is 4.91. The van der Waals surface area contributed by atoms with Crippen molar-refractivity contribution in [3.8, 4) is 0 Å². The lowest BCUT2D eigenvalue weighted by atomic mass is 10.1. The Morgan fingerprint density at radius 2 is 1.81 bits per heavy atom. The third-order valence-corrected chi connectivity index (χ3v) is 6.50. The Kier molecular flexibility index (Phi) is 5.10. The van der Waals surface area contributed by atoms with Gasteiger partial charge in [-0.05, 0) is 24.7 Å². The van der Waals surface area contributed by atoms with Gasteiger partial charge in [0.15, 0.2) is 0 Å². The summed E-state index contributed by atoms with van der Waals surface area (Å²) in [7, 11) is 2.06. The number of benzene rings is 1. The monoisotopic (exact) mass is 388 g/mol. The van der Waals surface area contributed by atoms with Crippen LogP contribution in [-0.2, 0) is 16.1 Å². The molecule has 0 unspecified atom stereocenters. The number of piperazine rings is 2. The van der Waals surface area contributed by atoms with Crippen molar-refractivity contribution in [2.45, 2.75) is 12.6 Å². The zero-order chi connectivity index (χ0) is 19.0. The highest BCUT2D eigenvalue weighted by atomic mass is 32.2. The van der Waals surface area contributed by atoms with Crippen LogP contribution in [0.4, 0.5) is 0 Å². The molecule has 0 bridgehead atoms. The molecule has 3 saturated heterocycles. The first-order chi connectivity index (χ1) is 13.0. The van der Waals surface area contributed by atoms with Crippen molar-refractivity contribution in [1.29, 1.82) is 0 Å². The maximum atomic E-state index is 12.6. The topological polar surface area (TPSA) is 64.2 Å². The van der Waals surface area contributed by atoms with Gasteiger partial charge in [0.2, 0.25) is 11.8 Å². The van der Waals surface area contributed by atoms with Gasteiger partial charge in [0.1, 0.15) is 12.6 Å². The van der Waals surface area contributed by atoms with Crippen LogP contribution in [0.1, 0.15) is 15.9 Å². The maximum Gasteiger partial charge on any atom is 0.253 e. The first kappa shape index (κ1) is 18.3. The van der Waals surface area contributed by atoms with E-state index in [0.29, 0.717) is 23.7 Å². The first-order valence-corrected chi connectivity index (χ1v) is 10.4. The van der Waals surface area contributed by atoms with Crippen molar-refractivity contribution in [1.82, 2.24) is 19.6 Å². The molecule has 7 nitrogen and oxygen atoms in total. The Balaban J connectivity index is 1.40. The van der Waals surface area contributed by atoms with Crippen LogP contribution < -0.4 is 0 Å². The minimum atomic E-state index is -0.311. The molecule has 3 aliphatic heterocycles. The van der Waals surface area contributed by atoms with Crippen LogP contribution in [-0.4, -0.2) is 94.8 Å². The summed E-state index contributed by atoms with van der Waals surface area (Å²) >= 11 is 1.63. The molecule has 3 aliphatic rings. The fourth-order valence-electron chi connectivity index (χ4n) is 3.73. The lowest BCUT2D eigenvalue weighted by Crippen LogP contribution is -2.57. The highest BCUT2D eigenvalue weighted by molar-refractivity contribution is 7.99. The summed E-state index contributed by atoms with van der Waals surface area (Å²) in [5, 5.41) is 0. The molecule has 0 aliphatic carbocycles. The molecule has 27 heavy (non-hydrogen) atoms. The zero-order valence-electron chi connectivity index (χ0n) is 15.5. The van der Waals surface area contributed by atoms with Gasteiger partial charge < -0.3 is 19.6 Å². The molecular formula is C19H24N4O3S. The molecule has 1 aromatic carbocycles. The fraction of sp³-hybridized carbons (Fsp3) is 0.526. The second-order valence-corrected chi connectivity index (χ2v) is 8.37. The molecule has 0 radical (unpaired) electrons. The quantitative estimate of drug-likeness (QED) is 0.746. The van der Waals surface area contributed by atoms with Gasteiger partial charge in [-0.15, -0.1) is 11.8 Å². The van der Waals surface area contributed by atoms with E-state index in [1.54, 1.807) is 21.6 Å². The van der Waals surface area contributed by atoms with E-state index in [1.807, 2.05) is 29.2 Å². The Hall–Kier alpha value is -2.06. The third kappa shape index (κ3) is 3.68. The number of rotatable bonds is 3. The zero-order valence-corrected chi connectivity index (χ0v) is 16.3. The number of hydrogen-bond donors (Lipinski definition) is 0. The number of thioether (sulfide) groups is 1. The Morgan fingerprint density at radius 1 is 1.11 bits per heavy atom. The molecule has 8 heteroatoms. The molecule has 0 N–H and O–H groups in total. The molecule has 144 valence electrons. The number of likely N-dealkylation sites (N-methyl/N-ethyl adjacent to an activating group) is 1. The minimum absolute atomic E-state index is 0.0199. The molecule has 1 atom stereocenters. The van der Waals surface area contributed by atoms with Crippen molar-refractivity contribution in [2.75, 3.05) is 51.4 Å². The summed E-state index contributed by atoms with van der Waals surface area (Å²) < 4.78 is 0. The Morgan fingerprint density at radius 3 is 2.52 bits per heavy atom. The van der Waals surface area contributed by atoms with E-state index in [0.717, 1.165) is 31.7 Å². The van der Waals surface area contributed by atoms with Crippen LogP contribution in [0.15, 0.2) is 24.3 Å². The molecule has 0 spiro atoms. The van der Waals surface area contributed by atoms with Crippen LogP contribution in [0.5, 0.6) is 0 Å². The van der Waals surface area contributed by atoms with Crippen LogP contribution in [0.25, 0.3) is 0 Å². The van der Waals surface area contributed by atoms with Gasteiger partial charge >= 0.3 is 0 Å². The predicted octanol–water partition coefficient (Wildman–Crippen LogP) is 0.318. The van der Waals surface area contributed by atoms with Crippen LogP contribution in [0.3, 0.4) is 0 Å². The molecule has 3 amide bonds. The number of carbonyl (C=O) groups is 3. The van der Waals surface area contributed by atoms with E-state index in [1.165, 1.54) is 0 Å². The molecule has 1 aromatic rings. The largest absolute Gasteiger partial charge is 0.336 e. The molecule has 4 rings (SSSR count). The lowest BCUT2D eigenvalue weighted by molar-refractivity contribution is -0.153. The summed E-state index contributed by atoms with van der Waals surface area (Å²) in [5.74, 6) is 1.40. The predicted molar refractivity (Wildman–Crippen MR) is 103 cm³/mol. The van der Waals surface area contributed by atoms with Gasteiger partial charge in [0.05, 0.1) is 5.88 Å². The van der Waals surface area contributed by atoms with E-state index in [4.69, 9.17) is 0 Å². The average molecular weight is 388 g/mol. The lowest BCUT2D eigenvalue weighted by Gasteiger charge is -2.35. The van der Waals surface area contributed by atoms with Gasteiger partial charge in [-0.2, -0.15) is 0 Å². The third-order valence-electron chi connectivity index (χ3n) is 5.49. The summed E-state index contributed by atoms with van der Waals surface area (Å²) in [6.07, 6.45) is 0. The van der Waals surface area contributed by atoms with Gasteiger partial charge in [0.25, 0.3) is 5.91 Å². The van der Waals surface area contributed by atoms with E-state index in [-0.39, 0.29) is 30.3 Å². The van der Waals surface area contributed by atoms with Crippen LogP contribution in [0, 0.1) is 0 Å². The van der Waals surface area contributed by atoms with Crippen molar-refractivity contribution in [2.24, 2.45) is 0 Å². The Bertz CT molecular complexity index is 746. The van der Waals surface area contributed by atoms with Crippen molar-refractivity contribution < 1.29 is 14.4 Å². The summed E-state index contributed by atoms with van der Waals surface area (Å²) in [4.78, 5) is 44.9. The number of fused-ring (bicyclic) bond motifs is 1. The van der Waals surface area contributed by atoms with Gasteiger partial charge in [-0.3, -0.25) is 14.4 Å². The van der Waals surface area contributed by atoms with Gasteiger partial charge in [-0.1, -0.05) is 12.1 Å². The molecule has 3 heterocycles. The number of nitrogens with zero attached hydrogens (tertiary/aromatic N) is 4. The molecule has 0 aromatic heterocycles. The minimum Gasteiger partial charge on any atom is -0.336 e. The highest BCUT2D eigenvalue weighted by Gasteiger charge is 2.42. The van der Waals surface area contributed by atoms with E-state index < -0.39 is 0 Å². The number of hydrogen-bond acceptors (Lipinski definition) is 5. The van der Waals surface area contributed by atoms with E-state index >= 15 is 0 Å². The molecule has 3 fully saturated rings. The summed E-state index contributed by atoms with van der Waals surface area (Å²) in [5.41, 5.74) is 1.60. The number of amides is 3. The molecular weight excluding hydrogens is 364 g/mol. The normalized spacial score (nSPS) is 23.7. The summed E-state index contributed by atoms with van der Waals surface area (Å²) in [6, 6.07) is 7.11. The average Bonchev–Trinajstić information content (AvgIpc) is 3.17. The van der Waals surface area contributed by atoms with Crippen molar-refractivity contribution in [3.05, 3.63) is 35.4 Å². The van der Waals surface area contributed by atoms with Gasteiger partial charge in [0, 0.05) is 44.0 Å². The summed E-state index contributed by atoms with van der Waals surface area (Å²) in [6.45, 7) is 3.83. The smallest absolute Gasteiger partial charge is 0.253 e. The molecule has 0 saturated carbocycles. The van der Waals surface area contributed by atoms with Crippen molar-refractivity contribution >= 4 is 29.5 Å². The van der Waals surface area contributed by atoms with Crippen LogP contribution in [0.2, 0.25) is 0 Å². The van der Waals surface area contributed by atoms with Crippen molar-refractivity contribution in [3.63, 3.8) is 0 Å². The first-order valence-electron chi connectivity index (χ1n) is 9.25.